The summed E-state index contributed by atoms with van der Waals surface area (Å²) in [5.74, 6) is 2.42. The molecule has 0 spiro atoms. The van der Waals surface area contributed by atoms with Crippen LogP contribution in [0.1, 0.15) is 35.7 Å². The average molecular weight is 201 g/mol. The number of terminal acetylenes is 1. The van der Waals surface area contributed by atoms with E-state index in [0.29, 0.717) is 17.7 Å². The number of hydrogen-bond acceptors (Lipinski definition) is 1. The molecule has 0 aliphatic rings. The third-order valence-corrected chi connectivity index (χ3v) is 2.14. The minimum absolute atomic E-state index is 0.0861. The Morgan fingerprint density at radius 2 is 2.20 bits per heavy atom. The quantitative estimate of drug-likeness (QED) is 0.587. The van der Waals surface area contributed by atoms with Gasteiger partial charge in [-0.25, -0.2) is 0 Å². The molecule has 78 valence electrons. The summed E-state index contributed by atoms with van der Waals surface area (Å²) in [6, 6.07) is 7.17. The second kappa shape index (κ2) is 5.87. The molecule has 1 aromatic rings. The minimum Gasteiger partial charge on any atom is -0.352 e. The van der Waals surface area contributed by atoms with Gasteiger partial charge in [-0.05, 0) is 18.6 Å². The maximum absolute atomic E-state index is 11.7. The highest BCUT2D eigenvalue weighted by atomic mass is 16.1. The zero-order chi connectivity index (χ0) is 11.1. The molecule has 0 atom stereocenters. The maximum atomic E-state index is 11.7. The number of amides is 1. The molecule has 2 nitrogen and oxygen atoms in total. The summed E-state index contributed by atoms with van der Waals surface area (Å²) in [4.78, 5) is 11.7. The molecule has 1 rings (SSSR count). The van der Waals surface area contributed by atoms with Crippen LogP contribution < -0.4 is 5.32 Å². The number of rotatable bonds is 4. The summed E-state index contributed by atoms with van der Waals surface area (Å²) in [6.45, 7) is 2.79. The van der Waals surface area contributed by atoms with E-state index in [1.165, 1.54) is 0 Å². The monoisotopic (exact) mass is 201 g/mol. The molecule has 15 heavy (non-hydrogen) atoms. The van der Waals surface area contributed by atoms with Crippen LogP contribution >= 0.6 is 0 Å². The van der Waals surface area contributed by atoms with Crippen molar-refractivity contribution < 1.29 is 4.79 Å². The van der Waals surface area contributed by atoms with Crippen molar-refractivity contribution in [1.82, 2.24) is 5.32 Å². The summed E-state index contributed by atoms with van der Waals surface area (Å²) >= 11 is 0. The van der Waals surface area contributed by atoms with Crippen LogP contribution in [0.25, 0.3) is 0 Å². The highest BCUT2D eigenvalue weighted by Gasteiger charge is 2.07. The molecular weight excluding hydrogens is 186 g/mol. The van der Waals surface area contributed by atoms with Gasteiger partial charge in [0.25, 0.3) is 5.91 Å². The predicted octanol–water partition coefficient (Wildman–Crippen LogP) is 2.20. The maximum Gasteiger partial charge on any atom is 0.252 e. The summed E-state index contributed by atoms with van der Waals surface area (Å²) in [5, 5.41) is 2.84. The van der Waals surface area contributed by atoms with Gasteiger partial charge in [-0.15, -0.1) is 6.42 Å². The fraction of sp³-hybridized carbons (Fsp3) is 0.308. The Kier molecular flexibility index (Phi) is 4.43. The predicted molar refractivity (Wildman–Crippen MR) is 61.6 cm³/mol. The molecular formula is C13H15NO. The van der Waals surface area contributed by atoms with E-state index in [1.54, 1.807) is 12.1 Å². The summed E-state index contributed by atoms with van der Waals surface area (Å²) in [7, 11) is 0. The van der Waals surface area contributed by atoms with Crippen LogP contribution in [0.15, 0.2) is 24.3 Å². The summed E-state index contributed by atoms with van der Waals surface area (Å²) in [5.41, 5.74) is 1.22. The lowest BCUT2D eigenvalue weighted by Crippen LogP contribution is -2.25. The zero-order valence-electron chi connectivity index (χ0n) is 8.92. The number of benzene rings is 1. The molecule has 2 heteroatoms. The van der Waals surface area contributed by atoms with Crippen LogP contribution in [0.3, 0.4) is 0 Å². The van der Waals surface area contributed by atoms with E-state index in [4.69, 9.17) is 6.42 Å². The van der Waals surface area contributed by atoms with E-state index in [-0.39, 0.29) is 5.91 Å². The van der Waals surface area contributed by atoms with Crippen molar-refractivity contribution in [3.8, 4) is 12.3 Å². The second-order valence-corrected chi connectivity index (χ2v) is 3.30. The van der Waals surface area contributed by atoms with Crippen molar-refractivity contribution in [2.75, 3.05) is 6.54 Å². The molecule has 1 aromatic carbocycles. The smallest absolute Gasteiger partial charge is 0.252 e. The molecule has 0 radical (unpaired) electrons. The van der Waals surface area contributed by atoms with E-state index in [0.717, 1.165) is 12.8 Å². The van der Waals surface area contributed by atoms with Gasteiger partial charge in [0, 0.05) is 12.1 Å². The van der Waals surface area contributed by atoms with Crippen molar-refractivity contribution in [3.05, 3.63) is 35.4 Å². The lowest BCUT2D eigenvalue weighted by Gasteiger charge is -2.05. The van der Waals surface area contributed by atoms with Gasteiger partial charge in [0.15, 0.2) is 0 Å². The Balaban J connectivity index is 2.70. The molecule has 0 saturated carbocycles. The van der Waals surface area contributed by atoms with Crippen LogP contribution in [-0.4, -0.2) is 12.5 Å². The molecule has 0 aliphatic heterocycles. The number of carbonyl (C=O) groups excluding carboxylic acids is 1. The van der Waals surface area contributed by atoms with E-state index in [1.807, 2.05) is 12.1 Å². The summed E-state index contributed by atoms with van der Waals surface area (Å²) < 4.78 is 0. The number of carbonyl (C=O) groups is 1. The first-order chi connectivity index (χ1) is 7.29. The van der Waals surface area contributed by atoms with Crippen molar-refractivity contribution >= 4 is 5.91 Å². The first-order valence-electron chi connectivity index (χ1n) is 5.13. The fourth-order valence-electron chi connectivity index (χ4n) is 1.28. The first kappa shape index (κ1) is 11.3. The van der Waals surface area contributed by atoms with E-state index >= 15 is 0 Å². The largest absolute Gasteiger partial charge is 0.352 e. The van der Waals surface area contributed by atoms with Crippen LogP contribution in [0.4, 0.5) is 0 Å². The standard InChI is InChI=1S/C13H15NO/c1-3-5-10-14-13(15)12-9-7-6-8-11(12)4-2/h2,6-9H,3,5,10H2,1H3,(H,14,15). The van der Waals surface area contributed by atoms with E-state index in [9.17, 15) is 4.79 Å². The van der Waals surface area contributed by atoms with Crippen molar-refractivity contribution in [1.29, 1.82) is 0 Å². The Labute approximate surface area is 90.7 Å². The van der Waals surface area contributed by atoms with Gasteiger partial charge < -0.3 is 5.32 Å². The van der Waals surface area contributed by atoms with Crippen LogP contribution in [0.5, 0.6) is 0 Å². The van der Waals surface area contributed by atoms with Gasteiger partial charge in [0.05, 0.1) is 5.56 Å². The normalized spacial score (nSPS) is 9.33. The number of nitrogens with one attached hydrogen (secondary N) is 1. The molecule has 0 aromatic heterocycles. The van der Waals surface area contributed by atoms with Crippen molar-refractivity contribution in [2.24, 2.45) is 0 Å². The molecule has 0 unspecified atom stereocenters. The SMILES string of the molecule is C#Cc1ccccc1C(=O)NCCCC. The number of hydrogen-bond donors (Lipinski definition) is 1. The van der Waals surface area contributed by atoms with Crippen molar-refractivity contribution in [3.63, 3.8) is 0 Å². The lowest BCUT2D eigenvalue weighted by molar-refractivity contribution is 0.0953. The lowest BCUT2D eigenvalue weighted by atomic mass is 10.1. The molecule has 1 amide bonds. The molecule has 0 aliphatic carbocycles. The minimum atomic E-state index is -0.0861. The Morgan fingerprint density at radius 1 is 1.47 bits per heavy atom. The van der Waals surface area contributed by atoms with Crippen LogP contribution in [0, 0.1) is 12.3 Å². The molecule has 1 N–H and O–H groups in total. The molecule has 0 fully saturated rings. The first-order valence-corrected chi connectivity index (χ1v) is 5.13. The van der Waals surface area contributed by atoms with Crippen LogP contribution in [0.2, 0.25) is 0 Å². The second-order valence-electron chi connectivity index (χ2n) is 3.30. The highest BCUT2D eigenvalue weighted by molar-refractivity contribution is 5.96. The van der Waals surface area contributed by atoms with Gasteiger partial charge >= 0.3 is 0 Å². The number of unbranched alkanes of at least 4 members (excludes halogenated alkanes) is 1. The Morgan fingerprint density at radius 3 is 2.87 bits per heavy atom. The van der Waals surface area contributed by atoms with Gasteiger partial charge in [0.2, 0.25) is 0 Å². The topological polar surface area (TPSA) is 29.1 Å². The molecule has 0 saturated heterocycles. The van der Waals surface area contributed by atoms with Gasteiger partial charge in [-0.2, -0.15) is 0 Å². The third kappa shape index (κ3) is 3.14. The summed E-state index contributed by atoms with van der Waals surface area (Å²) in [6.07, 6.45) is 7.37. The third-order valence-electron chi connectivity index (χ3n) is 2.14. The zero-order valence-corrected chi connectivity index (χ0v) is 8.92. The fourth-order valence-corrected chi connectivity index (χ4v) is 1.28. The van der Waals surface area contributed by atoms with Gasteiger partial charge in [-0.3, -0.25) is 4.79 Å². The molecule has 0 bridgehead atoms. The van der Waals surface area contributed by atoms with Gasteiger partial charge in [-0.1, -0.05) is 31.4 Å². The Bertz CT molecular complexity index is 376. The van der Waals surface area contributed by atoms with Crippen LogP contribution in [-0.2, 0) is 0 Å². The van der Waals surface area contributed by atoms with Gasteiger partial charge in [0.1, 0.15) is 0 Å². The highest BCUT2D eigenvalue weighted by Crippen LogP contribution is 2.06. The average Bonchev–Trinajstić information content (AvgIpc) is 2.29. The molecule has 0 heterocycles. The van der Waals surface area contributed by atoms with Crippen molar-refractivity contribution in [2.45, 2.75) is 19.8 Å². The Hall–Kier alpha value is -1.75. The van der Waals surface area contributed by atoms with E-state index in [2.05, 4.69) is 18.2 Å². The van der Waals surface area contributed by atoms with E-state index < -0.39 is 0 Å².